The lowest BCUT2D eigenvalue weighted by Gasteiger charge is -2.21. The van der Waals surface area contributed by atoms with E-state index in [0.717, 1.165) is 39.2 Å². The first-order valence-corrected chi connectivity index (χ1v) is 19.7. The van der Waals surface area contributed by atoms with Gasteiger partial charge in [0.1, 0.15) is 0 Å². The fourth-order valence-electron chi connectivity index (χ4n) is 9.26. The van der Waals surface area contributed by atoms with Crippen molar-refractivity contribution >= 4 is 32.3 Å². The van der Waals surface area contributed by atoms with Gasteiger partial charge in [0.15, 0.2) is 5.82 Å². The van der Waals surface area contributed by atoms with E-state index < -0.39 is 0 Å². The highest BCUT2D eigenvalue weighted by Gasteiger charge is 2.36. The Morgan fingerprint density at radius 1 is 0.333 bits per heavy atom. The summed E-state index contributed by atoms with van der Waals surface area (Å²) in [6.45, 7) is 4.65. The summed E-state index contributed by atoms with van der Waals surface area (Å²) in [4.78, 5) is 10.5. The second kappa shape index (κ2) is 13.0. The number of rotatable bonds is 5. The van der Waals surface area contributed by atoms with Crippen molar-refractivity contribution in [3.05, 3.63) is 205 Å². The van der Waals surface area contributed by atoms with Crippen LogP contribution in [0.15, 0.2) is 194 Å². The van der Waals surface area contributed by atoms with Crippen molar-refractivity contribution in [2.45, 2.75) is 19.3 Å². The molecule has 0 saturated carbocycles. The molecule has 10 aromatic rings. The van der Waals surface area contributed by atoms with E-state index in [1.807, 2.05) is 6.07 Å². The Balaban J connectivity index is 1.07. The van der Waals surface area contributed by atoms with Crippen molar-refractivity contribution < 1.29 is 0 Å². The first kappa shape index (κ1) is 33.2. The summed E-state index contributed by atoms with van der Waals surface area (Å²) in [5.41, 5.74) is 14.9. The topological polar surface area (TPSA) is 25.8 Å². The van der Waals surface area contributed by atoms with E-state index in [1.165, 1.54) is 65.7 Å². The van der Waals surface area contributed by atoms with Crippen LogP contribution in [0.4, 0.5) is 0 Å². The zero-order valence-electron chi connectivity index (χ0n) is 31.9. The maximum absolute atomic E-state index is 5.28. The molecule has 1 aliphatic rings. The molecule has 0 spiro atoms. The molecule has 1 aromatic heterocycles. The fourth-order valence-corrected chi connectivity index (χ4v) is 9.26. The number of nitrogens with zero attached hydrogens (tertiary/aromatic N) is 2. The van der Waals surface area contributed by atoms with Crippen LogP contribution < -0.4 is 0 Å². The summed E-state index contributed by atoms with van der Waals surface area (Å²) in [6.07, 6.45) is 0. The number of fused-ring (bicyclic) bond motifs is 7. The third kappa shape index (κ3) is 5.40. The van der Waals surface area contributed by atoms with Gasteiger partial charge in [-0.2, -0.15) is 0 Å². The van der Waals surface area contributed by atoms with Crippen LogP contribution in [0.2, 0.25) is 0 Å². The minimum Gasteiger partial charge on any atom is -0.228 e. The monoisotopic (exact) mass is 726 g/mol. The minimum absolute atomic E-state index is 0.102. The summed E-state index contributed by atoms with van der Waals surface area (Å²) in [5, 5.41) is 7.57. The maximum atomic E-state index is 5.28. The van der Waals surface area contributed by atoms with Crippen molar-refractivity contribution in [2.75, 3.05) is 0 Å². The second-order valence-corrected chi connectivity index (χ2v) is 15.7. The quantitative estimate of drug-likeness (QED) is 0.130. The van der Waals surface area contributed by atoms with E-state index >= 15 is 0 Å². The molecule has 57 heavy (non-hydrogen) atoms. The van der Waals surface area contributed by atoms with Gasteiger partial charge in [-0.25, -0.2) is 9.97 Å². The predicted molar refractivity (Wildman–Crippen MR) is 239 cm³/mol. The largest absolute Gasteiger partial charge is 0.228 e. The van der Waals surface area contributed by atoms with Crippen LogP contribution in [0.1, 0.15) is 25.0 Å². The zero-order valence-corrected chi connectivity index (χ0v) is 31.9. The first-order valence-electron chi connectivity index (χ1n) is 19.7. The molecule has 0 unspecified atom stereocenters. The fraction of sp³-hybridized carbons (Fsp3) is 0.0545. The summed E-state index contributed by atoms with van der Waals surface area (Å²) < 4.78 is 0. The Morgan fingerprint density at radius 3 is 1.77 bits per heavy atom. The predicted octanol–water partition coefficient (Wildman–Crippen LogP) is 14.6. The molecule has 268 valence electrons. The third-order valence-electron chi connectivity index (χ3n) is 12.1. The van der Waals surface area contributed by atoms with E-state index in [2.05, 4.69) is 202 Å². The summed E-state index contributed by atoms with van der Waals surface area (Å²) in [7, 11) is 0. The van der Waals surface area contributed by atoms with Crippen molar-refractivity contribution in [3.63, 3.8) is 0 Å². The summed E-state index contributed by atoms with van der Waals surface area (Å²) in [5.74, 6) is 0.717. The average molecular weight is 727 g/mol. The number of benzene rings is 9. The van der Waals surface area contributed by atoms with Crippen LogP contribution >= 0.6 is 0 Å². The molecule has 0 amide bonds. The minimum atomic E-state index is -0.102. The van der Waals surface area contributed by atoms with Gasteiger partial charge in [0.2, 0.25) is 0 Å². The van der Waals surface area contributed by atoms with Crippen LogP contribution in [0.5, 0.6) is 0 Å². The standard InChI is InChI=1S/C55H38N2/c1-55(2)48-27-11-10-25-45(48)53-46(26-14-28-49(53)55)51-34-50(56-54(57-51)36-16-4-3-5-17-36)40-21-12-19-37(31-40)38-20-13-22-41(32-38)52-43-24-9-7-18-39(43)33-47-42-23-8-6-15-35(42)29-30-44(47)52/h3-34H,1-2H3. The highest BCUT2D eigenvalue weighted by atomic mass is 14.9. The lowest BCUT2D eigenvalue weighted by Crippen LogP contribution is -2.14. The summed E-state index contributed by atoms with van der Waals surface area (Å²) in [6, 6.07) is 70.2. The van der Waals surface area contributed by atoms with Crippen molar-refractivity contribution in [1.29, 1.82) is 0 Å². The summed E-state index contributed by atoms with van der Waals surface area (Å²) >= 11 is 0. The van der Waals surface area contributed by atoms with Crippen LogP contribution in [-0.4, -0.2) is 9.97 Å². The Morgan fingerprint density at radius 2 is 0.930 bits per heavy atom. The van der Waals surface area contributed by atoms with Crippen LogP contribution in [0.25, 0.3) is 99.6 Å². The molecule has 11 rings (SSSR count). The lowest BCUT2D eigenvalue weighted by molar-refractivity contribution is 0.660. The molecular weight excluding hydrogens is 689 g/mol. The average Bonchev–Trinajstić information content (AvgIpc) is 3.51. The van der Waals surface area contributed by atoms with Crippen molar-refractivity contribution in [1.82, 2.24) is 9.97 Å². The van der Waals surface area contributed by atoms with E-state index in [-0.39, 0.29) is 5.41 Å². The molecule has 0 fully saturated rings. The van der Waals surface area contributed by atoms with E-state index in [1.54, 1.807) is 0 Å². The Kier molecular flexibility index (Phi) is 7.55. The molecule has 0 aliphatic heterocycles. The smallest absolute Gasteiger partial charge is 0.160 e. The van der Waals surface area contributed by atoms with E-state index in [9.17, 15) is 0 Å². The van der Waals surface area contributed by atoms with Gasteiger partial charge in [-0.3, -0.25) is 0 Å². The van der Waals surface area contributed by atoms with Crippen LogP contribution in [0.3, 0.4) is 0 Å². The van der Waals surface area contributed by atoms with Gasteiger partial charge < -0.3 is 0 Å². The van der Waals surface area contributed by atoms with Gasteiger partial charge in [0.25, 0.3) is 0 Å². The molecule has 9 aromatic carbocycles. The van der Waals surface area contributed by atoms with Crippen molar-refractivity contribution in [2.24, 2.45) is 0 Å². The molecule has 2 nitrogen and oxygen atoms in total. The Hall–Kier alpha value is -7.16. The molecule has 0 radical (unpaired) electrons. The lowest BCUT2D eigenvalue weighted by atomic mass is 9.82. The Bertz CT molecular complexity index is 3210. The number of hydrogen-bond acceptors (Lipinski definition) is 2. The molecular formula is C55H38N2. The zero-order chi connectivity index (χ0) is 38.1. The normalized spacial score (nSPS) is 12.9. The van der Waals surface area contributed by atoms with Gasteiger partial charge >= 0.3 is 0 Å². The maximum Gasteiger partial charge on any atom is 0.160 e. The van der Waals surface area contributed by atoms with Crippen LogP contribution in [-0.2, 0) is 5.41 Å². The highest BCUT2D eigenvalue weighted by molar-refractivity contribution is 6.20. The van der Waals surface area contributed by atoms with Gasteiger partial charge in [-0.15, -0.1) is 0 Å². The molecule has 1 heterocycles. The molecule has 0 saturated heterocycles. The number of hydrogen-bond donors (Lipinski definition) is 0. The van der Waals surface area contributed by atoms with E-state index in [0.29, 0.717) is 5.82 Å². The van der Waals surface area contributed by atoms with Gasteiger partial charge in [-0.05, 0) is 101 Å². The molecule has 0 N–H and O–H groups in total. The highest BCUT2D eigenvalue weighted by Crippen LogP contribution is 2.52. The van der Waals surface area contributed by atoms with Crippen molar-refractivity contribution in [3.8, 4) is 67.3 Å². The SMILES string of the molecule is CC1(C)c2ccccc2-c2c(-c3cc(-c4cccc(-c5cccc(-c6c7ccccc7cc7c6ccc6ccccc67)c5)c4)nc(-c4ccccc4)n3)cccc21. The molecule has 1 aliphatic carbocycles. The molecule has 2 heteroatoms. The third-order valence-corrected chi connectivity index (χ3v) is 12.1. The molecule has 0 bridgehead atoms. The second-order valence-electron chi connectivity index (χ2n) is 15.7. The molecule has 0 atom stereocenters. The van der Waals surface area contributed by atoms with Crippen LogP contribution in [0, 0.1) is 0 Å². The first-order chi connectivity index (χ1) is 28.0. The van der Waals surface area contributed by atoms with E-state index in [4.69, 9.17) is 9.97 Å². The Labute approximate surface area is 332 Å². The van der Waals surface area contributed by atoms with Gasteiger partial charge in [0, 0.05) is 22.1 Å². The van der Waals surface area contributed by atoms with Gasteiger partial charge in [-0.1, -0.05) is 184 Å². The number of aromatic nitrogens is 2. The van der Waals surface area contributed by atoms with Gasteiger partial charge in [0.05, 0.1) is 11.4 Å².